The van der Waals surface area contributed by atoms with Gasteiger partial charge < -0.3 is 30.7 Å². The number of carbonyl (C=O) groups is 3. The van der Waals surface area contributed by atoms with Crippen LogP contribution in [-0.2, 0) is 14.3 Å². The topological polar surface area (TPSA) is 118 Å². The number of rotatable bonds is 8. The van der Waals surface area contributed by atoms with Crippen molar-refractivity contribution in [2.45, 2.75) is 32.3 Å². The summed E-state index contributed by atoms with van der Waals surface area (Å²) in [4.78, 5) is 34.8. The Kier molecular flexibility index (Phi) is 8.37. The number of hydrogen-bond acceptors (Lipinski definition) is 5. The van der Waals surface area contributed by atoms with E-state index in [0.717, 1.165) is 19.4 Å². The highest BCUT2D eigenvalue weighted by atomic mass is 16.5. The highest BCUT2D eigenvalue weighted by Crippen LogP contribution is 2.14. The molecule has 1 aromatic carbocycles. The summed E-state index contributed by atoms with van der Waals surface area (Å²) in [5.74, 6) is -0.234. The minimum atomic E-state index is -0.543. The Balaban J connectivity index is 1.67. The van der Waals surface area contributed by atoms with E-state index in [-0.39, 0.29) is 37.6 Å². The van der Waals surface area contributed by atoms with Gasteiger partial charge in [-0.2, -0.15) is 0 Å². The van der Waals surface area contributed by atoms with Gasteiger partial charge >= 0.3 is 12.1 Å². The maximum absolute atomic E-state index is 11.9. The smallest absolute Gasteiger partial charge is 0.407 e. The van der Waals surface area contributed by atoms with Gasteiger partial charge in [0, 0.05) is 37.5 Å². The molecule has 1 aliphatic heterocycles. The Morgan fingerprint density at radius 1 is 1.11 bits per heavy atom. The summed E-state index contributed by atoms with van der Waals surface area (Å²) in [5, 5.41) is 10.7. The van der Waals surface area contributed by atoms with Gasteiger partial charge in [-0.05, 0) is 44.0 Å². The normalized spacial score (nSPS) is 15.7. The lowest BCUT2D eigenvalue weighted by Crippen LogP contribution is -2.35. The van der Waals surface area contributed by atoms with Crippen molar-refractivity contribution in [2.75, 3.05) is 36.9 Å². The first-order valence-corrected chi connectivity index (χ1v) is 9.04. The zero-order chi connectivity index (χ0) is 19.5. The highest BCUT2D eigenvalue weighted by Gasteiger charge is 2.16. The van der Waals surface area contributed by atoms with Gasteiger partial charge in [0.25, 0.3) is 0 Å². The van der Waals surface area contributed by atoms with Crippen LogP contribution in [0.25, 0.3) is 0 Å². The molecule has 0 bridgehead atoms. The van der Waals surface area contributed by atoms with Crippen molar-refractivity contribution in [3.05, 3.63) is 24.3 Å². The quantitative estimate of drug-likeness (QED) is 0.552. The minimum absolute atomic E-state index is 0.0895. The molecule has 0 radical (unpaired) electrons. The number of urea groups is 1. The Bertz CT molecular complexity index is 629. The molecule has 1 saturated heterocycles. The van der Waals surface area contributed by atoms with Crippen LogP contribution in [0.5, 0.6) is 0 Å². The lowest BCUT2D eigenvalue weighted by molar-refractivity contribution is -0.116. The number of ether oxygens (including phenoxy) is 2. The molecule has 1 fully saturated rings. The lowest BCUT2D eigenvalue weighted by Gasteiger charge is -2.12. The first-order valence-electron chi connectivity index (χ1n) is 9.04. The maximum Gasteiger partial charge on any atom is 0.407 e. The second-order valence-corrected chi connectivity index (χ2v) is 5.99. The number of anilines is 2. The van der Waals surface area contributed by atoms with Crippen LogP contribution in [0.15, 0.2) is 24.3 Å². The zero-order valence-electron chi connectivity index (χ0n) is 15.4. The molecule has 0 aliphatic carbocycles. The van der Waals surface area contributed by atoms with E-state index >= 15 is 0 Å². The Hall–Kier alpha value is -2.81. The second-order valence-electron chi connectivity index (χ2n) is 5.99. The number of amides is 4. The Labute approximate surface area is 158 Å². The fraction of sp³-hybridized carbons (Fsp3) is 0.500. The van der Waals surface area contributed by atoms with Gasteiger partial charge in [-0.15, -0.1) is 0 Å². The fourth-order valence-electron chi connectivity index (χ4n) is 2.51. The first kappa shape index (κ1) is 20.5. The largest absolute Gasteiger partial charge is 0.450 e. The lowest BCUT2D eigenvalue weighted by atomic mass is 10.2. The molecule has 1 atom stereocenters. The number of alkyl carbamates (subject to hydrolysis) is 1. The van der Waals surface area contributed by atoms with E-state index in [9.17, 15) is 14.4 Å². The summed E-state index contributed by atoms with van der Waals surface area (Å²) in [6, 6.07) is 6.46. The molecule has 0 saturated carbocycles. The predicted molar refractivity (Wildman–Crippen MR) is 101 cm³/mol. The summed E-state index contributed by atoms with van der Waals surface area (Å²) in [6.45, 7) is 3.41. The minimum Gasteiger partial charge on any atom is -0.450 e. The Morgan fingerprint density at radius 3 is 2.44 bits per heavy atom. The molecule has 1 heterocycles. The molecule has 27 heavy (non-hydrogen) atoms. The van der Waals surface area contributed by atoms with Crippen LogP contribution in [0, 0.1) is 0 Å². The summed E-state index contributed by atoms with van der Waals surface area (Å²) in [7, 11) is 0. The molecular weight excluding hydrogens is 352 g/mol. The predicted octanol–water partition coefficient (Wildman–Crippen LogP) is 2.06. The van der Waals surface area contributed by atoms with E-state index in [1.165, 1.54) is 0 Å². The van der Waals surface area contributed by atoms with Gasteiger partial charge in [-0.3, -0.25) is 4.79 Å². The number of nitrogens with one attached hydrogen (secondary N) is 4. The van der Waals surface area contributed by atoms with Crippen LogP contribution < -0.4 is 21.3 Å². The summed E-state index contributed by atoms with van der Waals surface area (Å²) in [5.41, 5.74) is 1.21. The van der Waals surface area contributed by atoms with E-state index in [4.69, 9.17) is 9.47 Å². The highest BCUT2D eigenvalue weighted by molar-refractivity contribution is 5.92. The Morgan fingerprint density at radius 2 is 1.81 bits per heavy atom. The van der Waals surface area contributed by atoms with Crippen LogP contribution >= 0.6 is 0 Å². The van der Waals surface area contributed by atoms with E-state index in [1.807, 2.05) is 0 Å². The van der Waals surface area contributed by atoms with Gasteiger partial charge in [0.15, 0.2) is 0 Å². The SMILES string of the molecule is CCOC(=O)NCCC(=O)Nc1ccc(NC(=O)NCC2CCCO2)cc1. The van der Waals surface area contributed by atoms with Crippen LogP contribution in [-0.4, -0.2) is 50.4 Å². The number of carbonyl (C=O) groups excluding carboxylic acids is 3. The standard InChI is InChI=1S/C18H26N4O5/c1-2-26-18(25)19-10-9-16(23)21-13-5-7-14(8-6-13)22-17(24)20-12-15-4-3-11-27-15/h5-8,15H,2-4,9-12H2,1H3,(H,19,25)(H,21,23)(H2,20,22,24). The van der Waals surface area contributed by atoms with Crippen molar-refractivity contribution in [1.29, 1.82) is 0 Å². The van der Waals surface area contributed by atoms with Gasteiger partial charge in [-0.25, -0.2) is 9.59 Å². The van der Waals surface area contributed by atoms with Crippen LogP contribution in [0.2, 0.25) is 0 Å². The van der Waals surface area contributed by atoms with Crippen LogP contribution in [0.1, 0.15) is 26.2 Å². The summed E-state index contributed by atoms with van der Waals surface area (Å²) in [6.07, 6.45) is 1.67. The second kappa shape index (κ2) is 11.0. The molecule has 9 heteroatoms. The van der Waals surface area contributed by atoms with E-state index in [0.29, 0.717) is 17.9 Å². The average molecular weight is 378 g/mol. The third-order valence-corrected chi connectivity index (χ3v) is 3.84. The van der Waals surface area contributed by atoms with Gasteiger partial charge in [0.2, 0.25) is 5.91 Å². The summed E-state index contributed by atoms with van der Waals surface area (Å²) >= 11 is 0. The van der Waals surface area contributed by atoms with Crippen LogP contribution in [0.4, 0.5) is 21.0 Å². The first-order chi connectivity index (χ1) is 13.1. The molecule has 0 spiro atoms. The molecular formula is C18H26N4O5. The van der Waals surface area contributed by atoms with Crippen molar-refractivity contribution in [3.8, 4) is 0 Å². The van der Waals surface area contributed by atoms with Crippen LogP contribution in [0.3, 0.4) is 0 Å². The van der Waals surface area contributed by atoms with Crippen molar-refractivity contribution in [1.82, 2.24) is 10.6 Å². The van der Waals surface area contributed by atoms with Gasteiger partial charge in [0.1, 0.15) is 0 Å². The number of benzene rings is 1. The zero-order valence-corrected chi connectivity index (χ0v) is 15.4. The molecule has 1 aliphatic rings. The molecule has 148 valence electrons. The van der Waals surface area contributed by atoms with Crippen molar-refractivity contribution >= 4 is 29.4 Å². The number of hydrogen-bond donors (Lipinski definition) is 4. The fourth-order valence-corrected chi connectivity index (χ4v) is 2.51. The maximum atomic E-state index is 11.9. The third-order valence-electron chi connectivity index (χ3n) is 3.84. The molecule has 4 amide bonds. The van der Waals surface area contributed by atoms with Crippen molar-refractivity contribution in [2.24, 2.45) is 0 Å². The van der Waals surface area contributed by atoms with E-state index < -0.39 is 6.09 Å². The molecule has 4 N–H and O–H groups in total. The van der Waals surface area contributed by atoms with Crippen molar-refractivity contribution in [3.63, 3.8) is 0 Å². The van der Waals surface area contributed by atoms with Gasteiger partial charge in [0.05, 0.1) is 12.7 Å². The summed E-state index contributed by atoms with van der Waals surface area (Å²) < 4.78 is 10.2. The monoisotopic (exact) mass is 378 g/mol. The van der Waals surface area contributed by atoms with E-state index in [1.54, 1.807) is 31.2 Å². The van der Waals surface area contributed by atoms with Gasteiger partial charge in [-0.1, -0.05) is 0 Å². The van der Waals surface area contributed by atoms with Crippen molar-refractivity contribution < 1.29 is 23.9 Å². The third kappa shape index (κ3) is 7.95. The molecule has 9 nitrogen and oxygen atoms in total. The average Bonchev–Trinajstić information content (AvgIpc) is 3.15. The van der Waals surface area contributed by atoms with E-state index in [2.05, 4.69) is 21.3 Å². The molecule has 2 rings (SSSR count). The molecule has 0 aromatic heterocycles. The molecule has 1 aromatic rings. The molecule has 1 unspecified atom stereocenters.